The Bertz CT molecular complexity index is 448. The largest absolute Gasteiger partial charge is 0.354 e. The Kier molecular flexibility index (Phi) is 3.04. The van der Waals surface area contributed by atoms with Gasteiger partial charge in [-0.3, -0.25) is 9.69 Å². The summed E-state index contributed by atoms with van der Waals surface area (Å²) in [6.07, 6.45) is 4.48. The number of carbonyl (C=O) groups is 1. The van der Waals surface area contributed by atoms with Crippen molar-refractivity contribution in [1.82, 2.24) is 9.88 Å². The number of anilines is 1. The van der Waals surface area contributed by atoms with Gasteiger partial charge in [0.15, 0.2) is 5.78 Å². The molecule has 0 unspecified atom stereocenters. The zero-order chi connectivity index (χ0) is 12.5. The van der Waals surface area contributed by atoms with Gasteiger partial charge in [-0.05, 0) is 31.9 Å². The molecule has 0 N–H and O–H groups in total. The summed E-state index contributed by atoms with van der Waals surface area (Å²) in [5, 5.41) is 0. The molecule has 1 aliphatic heterocycles. The minimum absolute atomic E-state index is 0.107. The molecule has 2 fully saturated rings. The first kappa shape index (κ1) is 11.7. The van der Waals surface area contributed by atoms with E-state index in [-0.39, 0.29) is 5.78 Å². The maximum Gasteiger partial charge on any atom is 0.159 e. The lowest BCUT2D eigenvalue weighted by Crippen LogP contribution is -2.47. The molecule has 1 aliphatic carbocycles. The van der Waals surface area contributed by atoms with Crippen molar-refractivity contribution in [3.8, 4) is 0 Å². The van der Waals surface area contributed by atoms with Crippen LogP contribution in [0.1, 0.15) is 30.1 Å². The second kappa shape index (κ2) is 4.69. The summed E-state index contributed by atoms with van der Waals surface area (Å²) in [5.74, 6) is 1.05. The molecule has 1 saturated heterocycles. The van der Waals surface area contributed by atoms with Crippen molar-refractivity contribution in [2.75, 3.05) is 31.1 Å². The van der Waals surface area contributed by atoms with E-state index in [1.165, 1.54) is 12.8 Å². The van der Waals surface area contributed by atoms with E-state index in [9.17, 15) is 4.79 Å². The van der Waals surface area contributed by atoms with E-state index >= 15 is 0 Å². The quantitative estimate of drug-likeness (QED) is 0.757. The molecule has 1 saturated carbocycles. The van der Waals surface area contributed by atoms with Crippen LogP contribution in [-0.4, -0.2) is 47.9 Å². The molecule has 0 amide bonds. The molecule has 4 nitrogen and oxygen atoms in total. The predicted octanol–water partition coefficient (Wildman–Crippen LogP) is 1.57. The summed E-state index contributed by atoms with van der Waals surface area (Å²) in [7, 11) is 0. The van der Waals surface area contributed by atoms with Gasteiger partial charge >= 0.3 is 0 Å². The fraction of sp³-hybridized carbons (Fsp3) is 0.571. The molecule has 1 aromatic heterocycles. The van der Waals surface area contributed by atoms with Gasteiger partial charge in [-0.2, -0.15) is 0 Å². The Morgan fingerprint density at radius 1 is 1.28 bits per heavy atom. The van der Waals surface area contributed by atoms with Crippen LogP contribution in [0.4, 0.5) is 5.82 Å². The second-order valence-electron chi connectivity index (χ2n) is 5.21. The summed E-state index contributed by atoms with van der Waals surface area (Å²) >= 11 is 0. The number of Topliss-reactive ketones (excluding diaryl/α,β-unsaturated/α-hetero) is 1. The van der Waals surface area contributed by atoms with E-state index in [4.69, 9.17) is 0 Å². The Morgan fingerprint density at radius 3 is 2.61 bits per heavy atom. The van der Waals surface area contributed by atoms with E-state index in [2.05, 4.69) is 14.8 Å². The van der Waals surface area contributed by atoms with Crippen LogP contribution in [-0.2, 0) is 0 Å². The van der Waals surface area contributed by atoms with Gasteiger partial charge in [0.25, 0.3) is 0 Å². The normalized spacial score (nSPS) is 21.1. The van der Waals surface area contributed by atoms with Gasteiger partial charge in [0.05, 0.1) is 0 Å². The van der Waals surface area contributed by atoms with Crippen LogP contribution in [0.3, 0.4) is 0 Å². The third-order valence-electron chi connectivity index (χ3n) is 3.85. The minimum Gasteiger partial charge on any atom is -0.354 e. The highest BCUT2D eigenvalue weighted by molar-refractivity contribution is 5.94. The van der Waals surface area contributed by atoms with Crippen LogP contribution in [0.5, 0.6) is 0 Å². The molecule has 1 aromatic rings. The SMILES string of the molecule is CC(=O)c1ccnc(N2CCN(C3CC3)CC2)c1. The maximum absolute atomic E-state index is 11.4. The van der Waals surface area contributed by atoms with Crippen molar-refractivity contribution in [2.45, 2.75) is 25.8 Å². The van der Waals surface area contributed by atoms with Crippen molar-refractivity contribution in [1.29, 1.82) is 0 Å². The summed E-state index contributed by atoms with van der Waals surface area (Å²) in [4.78, 5) is 20.6. The zero-order valence-corrected chi connectivity index (χ0v) is 10.8. The Balaban J connectivity index is 1.67. The molecule has 96 valence electrons. The van der Waals surface area contributed by atoms with Crippen LogP contribution < -0.4 is 4.90 Å². The molecule has 3 rings (SSSR count). The summed E-state index contributed by atoms with van der Waals surface area (Å²) in [5.41, 5.74) is 0.754. The van der Waals surface area contributed by atoms with Crippen molar-refractivity contribution < 1.29 is 4.79 Å². The molecule has 2 aliphatic rings. The number of hydrogen-bond donors (Lipinski definition) is 0. The van der Waals surface area contributed by atoms with Gasteiger partial charge < -0.3 is 4.90 Å². The lowest BCUT2D eigenvalue weighted by atomic mass is 10.2. The van der Waals surface area contributed by atoms with Crippen LogP contribution in [0.25, 0.3) is 0 Å². The lowest BCUT2D eigenvalue weighted by molar-refractivity contribution is 0.101. The van der Waals surface area contributed by atoms with E-state index in [1.807, 2.05) is 6.07 Å². The third-order valence-corrected chi connectivity index (χ3v) is 3.85. The monoisotopic (exact) mass is 245 g/mol. The van der Waals surface area contributed by atoms with Crippen LogP contribution in [0.15, 0.2) is 18.3 Å². The summed E-state index contributed by atoms with van der Waals surface area (Å²) in [6, 6.07) is 4.55. The Labute approximate surface area is 108 Å². The summed E-state index contributed by atoms with van der Waals surface area (Å²) < 4.78 is 0. The minimum atomic E-state index is 0.107. The molecular weight excluding hydrogens is 226 g/mol. The summed E-state index contributed by atoms with van der Waals surface area (Å²) in [6.45, 7) is 5.88. The first-order chi connectivity index (χ1) is 8.74. The number of rotatable bonds is 3. The zero-order valence-electron chi connectivity index (χ0n) is 10.8. The molecule has 0 bridgehead atoms. The van der Waals surface area contributed by atoms with Crippen molar-refractivity contribution in [3.05, 3.63) is 23.9 Å². The fourth-order valence-electron chi connectivity index (χ4n) is 2.57. The number of ketones is 1. The Morgan fingerprint density at radius 2 is 2.00 bits per heavy atom. The average Bonchev–Trinajstić information content (AvgIpc) is 3.23. The average molecular weight is 245 g/mol. The van der Waals surface area contributed by atoms with E-state index in [1.54, 1.807) is 19.2 Å². The van der Waals surface area contributed by atoms with Crippen LogP contribution in [0, 0.1) is 0 Å². The molecule has 0 atom stereocenters. The van der Waals surface area contributed by atoms with Gasteiger partial charge in [0.1, 0.15) is 5.82 Å². The predicted molar refractivity (Wildman–Crippen MR) is 71.0 cm³/mol. The van der Waals surface area contributed by atoms with Crippen LogP contribution in [0.2, 0.25) is 0 Å². The van der Waals surface area contributed by atoms with Crippen LogP contribution >= 0.6 is 0 Å². The van der Waals surface area contributed by atoms with Crippen molar-refractivity contribution in [2.24, 2.45) is 0 Å². The molecule has 0 aromatic carbocycles. The van der Waals surface area contributed by atoms with E-state index in [0.717, 1.165) is 43.6 Å². The molecule has 4 heteroatoms. The number of aromatic nitrogens is 1. The number of piperazine rings is 1. The van der Waals surface area contributed by atoms with Crippen molar-refractivity contribution >= 4 is 11.6 Å². The molecule has 2 heterocycles. The Hall–Kier alpha value is -1.42. The molecular formula is C14H19N3O. The highest BCUT2D eigenvalue weighted by atomic mass is 16.1. The van der Waals surface area contributed by atoms with Gasteiger partial charge in [-0.25, -0.2) is 4.98 Å². The maximum atomic E-state index is 11.4. The number of nitrogens with zero attached hydrogens (tertiary/aromatic N) is 3. The molecule has 0 radical (unpaired) electrons. The number of carbonyl (C=O) groups excluding carboxylic acids is 1. The topological polar surface area (TPSA) is 36.4 Å². The van der Waals surface area contributed by atoms with Gasteiger partial charge in [-0.15, -0.1) is 0 Å². The highest BCUT2D eigenvalue weighted by Gasteiger charge is 2.31. The highest BCUT2D eigenvalue weighted by Crippen LogP contribution is 2.28. The standard InChI is InChI=1S/C14H19N3O/c1-11(18)12-4-5-15-14(10-12)17-8-6-16(7-9-17)13-2-3-13/h4-5,10,13H,2-3,6-9H2,1H3. The second-order valence-corrected chi connectivity index (χ2v) is 5.21. The fourth-order valence-corrected chi connectivity index (χ4v) is 2.57. The first-order valence-corrected chi connectivity index (χ1v) is 6.70. The molecule has 0 spiro atoms. The van der Waals surface area contributed by atoms with Crippen molar-refractivity contribution in [3.63, 3.8) is 0 Å². The van der Waals surface area contributed by atoms with Gasteiger partial charge in [0, 0.05) is 44.0 Å². The number of hydrogen-bond acceptors (Lipinski definition) is 4. The lowest BCUT2D eigenvalue weighted by Gasteiger charge is -2.35. The molecule has 18 heavy (non-hydrogen) atoms. The smallest absolute Gasteiger partial charge is 0.159 e. The third kappa shape index (κ3) is 2.38. The first-order valence-electron chi connectivity index (χ1n) is 6.70. The van der Waals surface area contributed by atoms with Gasteiger partial charge in [-0.1, -0.05) is 0 Å². The number of pyridine rings is 1. The van der Waals surface area contributed by atoms with Gasteiger partial charge in [0.2, 0.25) is 0 Å². The van der Waals surface area contributed by atoms with E-state index < -0.39 is 0 Å². The van der Waals surface area contributed by atoms with E-state index in [0.29, 0.717) is 0 Å².